The maximum atomic E-state index is 2.40. The highest BCUT2D eigenvalue weighted by Crippen LogP contribution is 2.24. The molecule has 0 saturated carbocycles. The molecule has 0 radical (unpaired) electrons. The van der Waals surface area contributed by atoms with Crippen LogP contribution in [0.1, 0.15) is 278 Å². The summed E-state index contributed by atoms with van der Waals surface area (Å²) in [7, 11) is 0. The van der Waals surface area contributed by atoms with Gasteiger partial charge in [0.2, 0.25) is 0 Å². The van der Waals surface area contributed by atoms with E-state index < -0.39 is 0 Å². The van der Waals surface area contributed by atoms with E-state index in [4.69, 9.17) is 0 Å². The van der Waals surface area contributed by atoms with Gasteiger partial charge in [-0.3, -0.25) is 0 Å². The summed E-state index contributed by atoms with van der Waals surface area (Å²) in [4.78, 5) is 0. The fourth-order valence-corrected chi connectivity index (χ4v) is 7.51. The van der Waals surface area contributed by atoms with E-state index in [1.54, 1.807) is 0 Å². The van der Waals surface area contributed by atoms with Crippen molar-refractivity contribution in [3.63, 3.8) is 0 Å². The largest absolute Gasteiger partial charge is 0.0654 e. The van der Waals surface area contributed by atoms with Gasteiger partial charge in [0.15, 0.2) is 0 Å². The SMILES string of the molecule is CCCCCCCCCCCCCCCCCCCCCCC(CCC)CCCCCCCCCCCCCCCCCC. The number of rotatable bonds is 40. The van der Waals surface area contributed by atoms with Gasteiger partial charge in [-0.05, 0) is 5.92 Å². The van der Waals surface area contributed by atoms with Crippen molar-refractivity contribution in [1.82, 2.24) is 0 Å². The lowest BCUT2D eigenvalue weighted by Crippen LogP contribution is -2.00. The Kier molecular flexibility index (Phi) is 41.0. The maximum absolute atomic E-state index is 2.40. The lowest BCUT2D eigenvalue weighted by Gasteiger charge is -2.16. The van der Waals surface area contributed by atoms with Gasteiger partial charge in [0.1, 0.15) is 0 Å². The van der Waals surface area contributed by atoms with Crippen LogP contribution in [0.5, 0.6) is 0 Å². The Balaban J connectivity index is 3.33. The molecule has 0 saturated heterocycles. The first-order valence-electron chi connectivity index (χ1n) is 21.8. The van der Waals surface area contributed by atoms with Crippen LogP contribution in [-0.4, -0.2) is 0 Å². The van der Waals surface area contributed by atoms with Crippen LogP contribution in [0.3, 0.4) is 0 Å². The van der Waals surface area contributed by atoms with Crippen LogP contribution >= 0.6 is 0 Å². The van der Waals surface area contributed by atoms with Crippen molar-refractivity contribution < 1.29 is 0 Å². The summed E-state index contributed by atoms with van der Waals surface area (Å²) in [5.74, 6) is 1.03. The molecule has 0 aliphatic rings. The molecule has 0 spiro atoms. The van der Waals surface area contributed by atoms with Crippen LogP contribution in [0.15, 0.2) is 0 Å². The van der Waals surface area contributed by atoms with E-state index in [1.165, 1.54) is 257 Å². The lowest BCUT2D eigenvalue weighted by atomic mass is 9.90. The molecule has 0 N–H and O–H groups in total. The molecule has 0 heteroatoms. The lowest BCUT2D eigenvalue weighted by molar-refractivity contribution is 0.376. The topological polar surface area (TPSA) is 0 Å². The average molecular weight is 619 g/mol. The quantitative estimate of drug-likeness (QED) is 0.0599. The highest BCUT2D eigenvalue weighted by atomic mass is 14.1. The third kappa shape index (κ3) is 38.2. The van der Waals surface area contributed by atoms with Crippen LogP contribution in [0, 0.1) is 5.92 Å². The molecule has 0 fully saturated rings. The van der Waals surface area contributed by atoms with Gasteiger partial charge in [-0.2, -0.15) is 0 Å². The fraction of sp³-hybridized carbons (Fsp3) is 1.00. The molecule has 266 valence electrons. The predicted molar refractivity (Wildman–Crippen MR) is 205 cm³/mol. The van der Waals surface area contributed by atoms with E-state index >= 15 is 0 Å². The van der Waals surface area contributed by atoms with Crippen molar-refractivity contribution in [2.24, 2.45) is 5.92 Å². The molecule has 0 heterocycles. The Morgan fingerprint density at radius 2 is 0.364 bits per heavy atom. The second-order valence-electron chi connectivity index (χ2n) is 15.3. The van der Waals surface area contributed by atoms with Gasteiger partial charge in [-0.25, -0.2) is 0 Å². The molecule has 0 aromatic rings. The Morgan fingerprint density at radius 1 is 0.182 bits per heavy atom. The molecule has 44 heavy (non-hydrogen) atoms. The zero-order chi connectivity index (χ0) is 31.9. The standard InChI is InChI=1S/C44H90/c1-4-7-9-11-13-15-17-19-21-23-24-25-26-28-30-32-34-36-38-40-43-44(41-6-3)42-39-37-35-33-31-29-27-22-20-18-16-14-12-10-8-5-2/h44H,4-43H2,1-3H3. The molecule has 0 bridgehead atoms. The summed E-state index contributed by atoms with van der Waals surface area (Å²) in [5, 5.41) is 0. The first kappa shape index (κ1) is 44.0. The summed E-state index contributed by atoms with van der Waals surface area (Å²) in [6.07, 6.45) is 59.3. The average Bonchev–Trinajstić information content (AvgIpc) is 3.03. The summed E-state index contributed by atoms with van der Waals surface area (Å²) in [6.45, 7) is 7.03. The van der Waals surface area contributed by atoms with Crippen LogP contribution in [0.4, 0.5) is 0 Å². The van der Waals surface area contributed by atoms with E-state index in [0.717, 1.165) is 5.92 Å². The number of hydrogen-bond acceptors (Lipinski definition) is 0. The summed E-state index contributed by atoms with van der Waals surface area (Å²) >= 11 is 0. The minimum absolute atomic E-state index is 1.03. The van der Waals surface area contributed by atoms with Gasteiger partial charge in [-0.1, -0.05) is 278 Å². The summed E-state index contributed by atoms with van der Waals surface area (Å²) < 4.78 is 0. The third-order valence-corrected chi connectivity index (χ3v) is 10.6. The monoisotopic (exact) mass is 619 g/mol. The zero-order valence-electron chi connectivity index (χ0n) is 31.9. The first-order valence-corrected chi connectivity index (χ1v) is 21.8. The minimum Gasteiger partial charge on any atom is -0.0654 e. The van der Waals surface area contributed by atoms with Crippen molar-refractivity contribution in [3.05, 3.63) is 0 Å². The maximum Gasteiger partial charge on any atom is -0.0414 e. The van der Waals surface area contributed by atoms with Gasteiger partial charge >= 0.3 is 0 Å². The van der Waals surface area contributed by atoms with E-state index in [9.17, 15) is 0 Å². The molecule has 0 rings (SSSR count). The summed E-state index contributed by atoms with van der Waals surface area (Å²) in [6, 6.07) is 0. The first-order chi connectivity index (χ1) is 21.8. The Morgan fingerprint density at radius 3 is 0.545 bits per heavy atom. The molecule has 0 aliphatic carbocycles. The normalized spacial score (nSPS) is 12.3. The van der Waals surface area contributed by atoms with Crippen molar-refractivity contribution >= 4 is 0 Å². The van der Waals surface area contributed by atoms with E-state index in [-0.39, 0.29) is 0 Å². The van der Waals surface area contributed by atoms with Crippen molar-refractivity contribution in [1.29, 1.82) is 0 Å². The highest BCUT2D eigenvalue weighted by Gasteiger charge is 2.07. The van der Waals surface area contributed by atoms with Crippen molar-refractivity contribution in [2.75, 3.05) is 0 Å². The minimum atomic E-state index is 1.03. The van der Waals surface area contributed by atoms with Crippen LogP contribution in [-0.2, 0) is 0 Å². The summed E-state index contributed by atoms with van der Waals surface area (Å²) in [5.41, 5.74) is 0. The third-order valence-electron chi connectivity index (χ3n) is 10.6. The van der Waals surface area contributed by atoms with Crippen molar-refractivity contribution in [2.45, 2.75) is 278 Å². The van der Waals surface area contributed by atoms with E-state index in [2.05, 4.69) is 20.8 Å². The number of unbranched alkanes of at least 4 members (excludes halogenated alkanes) is 34. The molecule has 0 aromatic carbocycles. The molecule has 0 nitrogen and oxygen atoms in total. The fourth-order valence-electron chi connectivity index (χ4n) is 7.51. The molecular formula is C44H90. The highest BCUT2D eigenvalue weighted by molar-refractivity contribution is 4.61. The van der Waals surface area contributed by atoms with Gasteiger partial charge in [-0.15, -0.1) is 0 Å². The number of hydrogen-bond donors (Lipinski definition) is 0. The van der Waals surface area contributed by atoms with Gasteiger partial charge in [0.05, 0.1) is 0 Å². The van der Waals surface area contributed by atoms with Crippen LogP contribution < -0.4 is 0 Å². The Labute approximate surface area is 282 Å². The van der Waals surface area contributed by atoms with E-state index in [1.807, 2.05) is 0 Å². The van der Waals surface area contributed by atoms with Gasteiger partial charge in [0, 0.05) is 0 Å². The van der Waals surface area contributed by atoms with Crippen LogP contribution in [0.2, 0.25) is 0 Å². The molecular weight excluding hydrogens is 528 g/mol. The molecule has 0 aromatic heterocycles. The van der Waals surface area contributed by atoms with Gasteiger partial charge in [0.25, 0.3) is 0 Å². The Bertz CT molecular complexity index is 467. The predicted octanol–water partition coefficient (Wildman–Crippen LogP) is 17.3. The second-order valence-corrected chi connectivity index (χ2v) is 15.3. The molecule has 1 unspecified atom stereocenters. The zero-order valence-corrected chi connectivity index (χ0v) is 31.9. The smallest absolute Gasteiger partial charge is 0.0414 e. The van der Waals surface area contributed by atoms with E-state index in [0.29, 0.717) is 0 Å². The molecule has 0 amide bonds. The molecule has 1 atom stereocenters. The second kappa shape index (κ2) is 41.0. The van der Waals surface area contributed by atoms with Crippen molar-refractivity contribution in [3.8, 4) is 0 Å². The van der Waals surface area contributed by atoms with Gasteiger partial charge < -0.3 is 0 Å². The Hall–Kier alpha value is 0. The molecule has 0 aliphatic heterocycles. The van der Waals surface area contributed by atoms with Crippen LogP contribution in [0.25, 0.3) is 0 Å².